The van der Waals surface area contributed by atoms with Crippen molar-refractivity contribution in [1.82, 2.24) is 5.32 Å². The molecule has 0 aliphatic heterocycles. The van der Waals surface area contributed by atoms with Crippen LogP contribution in [0.1, 0.15) is 56.3 Å². The highest BCUT2D eigenvalue weighted by atomic mass is 16.5. The Balaban J connectivity index is 1.90. The number of carbonyl (C=O) groups excluding carboxylic acids is 3. The molecule has 0 saturated heterocycles. The molecule has 1 atom stereocenters. The van der Waals surface area contributed by atoms with Crippen LogP contribution < -0.4 is 10.6 Å². The number of benzene rings is 1. The molecule has 1 aromatic carbocycles. The molecule has 130 valence electrons. The van der Waals surface area contributed by atoms with E-state index in [4.69, 9.17) is 4.74 Å². The van der Waals surface area contributed by atoms with E-state index in [0.717, 1.165) is 25.7 Å². The molecule has 24 heavy (non-hydrogen) atoms. The van der Waals surface area contributed by atoms with Crippen LogP contribution in [-0.4, -0.2) is 29.9 Å². The van der Waals surface area contributed by atoms with E-state index in [1.54, 1.807) is 25.1 Å². The standard InChI is InChI=1S/C18H24N2O4/c1-12(17(22)20-15-8-4-3-5-9-15)24-18(23)14-7-6-10-16(11-14)19-13(2)21/h6-7,10-12,15H,3-5,8-9H2,1-2H3,(H,19,21)(H,20,22)/t12-/m0/s1. The van der Waals surface area contributed by atoms with Crippen LogP contribution in [0.4, 0.5) is 5.69 Å². The van der Waals surface area contributed by atoms with Gasteiger partial charge in [-0.05, 0) is 38.0 Å². The number of hydrogen-bond donors (Lipinski definition) is 2. The van der Waals surface area contributed by atoms with Crippen LogP contribution >= 0.6 is 0 Å². The summed E-state index contributed by atoms with van der Waals surface area (Å²) < 4.78 is 5.24. The maximum atomic E-state index is 12.2. The van der Waals surface area contributed by atoms with Gasteiger partial charge in [-0.3, -0.25) is 9.59 Å². The van der Waals surface area contributed by atoms with Crippen molar-refractivity contribution in [3.63, 3.8) is 0 Å². The van der Waals surface area contributed by atoms with E-state index in [2.05, 4.69) is 10.6 Å². The van der Waals surface area contributed by atoms with Crippen molar-refractivity contribution in [1.29, 1.82) is 0 Å². The predicted octanol–water partition coefficient (Wildman–Crippen LogP) is 2.64. The zero-order valence-electron chi connectivity index (χ0n) is 14.1. The van der Waals surface area contributed by atoms with Crippen molar-refractivity contribution < 1.29 is 19.1 Å². The van der Waals surface area contributed by atoms with Gasteiger partial charge in [0, 0.05) is 18.7 Å². The lowest BCUT2D eigenvalue weighted by Crippen LogP contribution is -2.42. The maximum Gasteiger partial charge on any atom is 0.338 e. The van der Waals surface area contributed by atoms with Crippen LogP contribution in [0.25, 0.3) is 0 Å². The van der Waals surface area contributed by atoms with Gasteiger partial charge in [0.2, 0.25) is 5.91 Å². The Bertz CT molecular complexity index is 609. The fourth-order valence-electron chi connectivity index (χ4n) is 2.77. The first kappa shape index (κ1) is 18.0. The predicted molar refractivity (Wildman–Crippen MR) is 90.6 cm³/mol. The lowest BCUT2D eigenvalue weighted by Gasteiger charge is -2.24. The number of amides is 2. The van der Waals surface area contributed by atoms with Gasteiger partial charge in [-0.25, -0.2) is 4.79 Å². The van der Waals surface area contributed by atoms with E-state index < -0.39 is 12.1 Å². The number of ether oxygens (including phenoxy) is 1. The molecule has 1 aliphatic rings. The highest BCUT2D eigenvalue weighted by Crippen LogP contribution is 2.18. The number of anilines is 1. The molecule has 0 radical (unpaired) electrons. The Labute approximate surface area is 142 Å². The van der Waals surface area contributed by atoms with Crippen molar-refractivity contribution in [3.8, 4) is 0 Å². The van der Waals surface area contributed by atoms with Gasteiger partial charge in [-0.1, -0.05) is 25.3 Å². The summed E-state index contributed by atoms with van der Waals surface area (Å²) in [5.41, 5.74) is 0.801. The summed E-state index contributed by atoms with van der Waals surface area (Å²) in [5, 5.41) is 5.54. The van der Waals surface area contributed by atoms with Crippen molar-refractivity contribution in [3.05, 3.63) is 29.8 Å². The molecule has 1 saturated carbocycles. The summed E-state index contributed by atoms with van der Waals surface area (Å²) >= 11 is 0. The zero-order chi connectivity index (χ0) is 17.5. The third kappa shape index (κ3) is 5.37. The topological polar surface area (TPSA) is 84.5 Å². The van der Waals surface area contributed by atoms with Crippen molar-refractivity contribution >= 4 is 23.5 Å². The van der Waals surface area contributed by atoms with Gasteiger partial charge >= 0.3 is 5.97 Å². The molecular weight excluding hydrogens is 308 g/mol. The van der Waals surface area contributed by atoms with Gasteiger partial charge in [0.25, 0.3) is 5.91 Å². The molecular formula is C18H24N2O4. The molecule has 0 heterocycles. The largest absolute Gasteiger partial charge is 0.449 e. The van der Waals surface area contributed by atoms with Crippen LogP contribution in [0.15, 0.2) is 24.3 Å². The maximum absolute atomic E-state index is 12.2. The van der Waals surface area contributed by atoms with E-state index in [9.17, 15) is 14.4 Å². The molecule has 0 unspecified atom stereocenters. The third-order valence-electron chi connectivity index (χ3n) is 4.02. The average molecular weight is 332 g/mol. The number of hydrogen-bond acceptors (Lipinski definition) is 4. The molecule has 0 bridgehead atoms. The van der Waals surface area contributed by atoms with Crippen LogP contribution in [0, 0.1) is 0 Å². The second kappa shape index (κ2) is 8.47. The molecule has 1 aliphatic carbocycles. The monoisotopic (exact) mass is 332 g/mol. The number of nitrogens with one attached hydrogen (secondary N) is 2. The smallest absolute Gasteiger partial charge is 0.338 e. The summed E-state index contributed by atoms with van der Waals surface area (Å²) in [4.78, 5) is 35.4. The Morgan fingerprint density at radius 1 is 1.17 bits per heavy atom. The van der Waals surface area contributed by atoms with E-state index in [-0.39, 0.29) is 17.9 Å². The van der Waals surface area contributed by atoms with E-state index in [1.807, 2.05) is 0 Å². The van der Waals surface area contributed by atoms with Crippen LogP contribution in [0.3, 0.4) is 0 Å². The highest BCUT2D eigenvalue weighted by Gasteiger charge is 2.22. The molecule has 0 aromatic heterocycles. The second-order valence-electron chi connectivity index (χ2n) is 6.15. The highest BCUT2D eigenvalue weighted by molar-refractivity contribution is 5.95. The van der Waals surface area contributed by atoms with E-state index in [0.29, 0.717) is 11.3 Å². The third-order valence-corrected chi connectivity index (χ3v) is 4.02. The van der Waals surface area contributed by atoms with E-state index in [1.165, 1.54) is 19.4 Å². The Kier molecular flexibility index (Phi) is 6.35. The quantitative estimate of drug-likeness (QED) is 0.812. The molecule has 1 aromatic rings. The van der Waals surface area contributed by atoms with Crippen molar-refractivity contribution in [2.45, 2.75) is 58.1 Å². The van der Waals surface area contributed by atoms with Crippen LogP contribution in [0.2, 0.25) is 0 Å². The average Bonchev–Trinajstić information content (AvgIpc) is 2.55. The zero-order valence-corrected chi connectivity index (χ0v) is 14.1. The number of carbonyl (C=O) groups is 3. The lowest BCUT2D eigenvalue weighted by atomic mass is 9.95. The van der Waals surface area contributed by atoms with Gasteiger partial charge in [0.15, 0.2) is 6.10 Å². The Morgan fingerprint density at radius 2 is 1.88 bits per heavy atom. The summed E-state index contributed by atoms with van der Waals surface area (Å²) in [6.45, 7) is 2.95. The van der Waals surface area contributed by atoms with Crippen molar-refractivity contribution in [2.75, 3.05) is 5.32 Å². The molecule has 1 fully saturated rings. The van der Waals surface area contributed by atoms with Gasteiger partial charge in [0.05, 0.1) is 5.56 Å². The summed E-state index contributed by atoms with van der Waals surface area (Å²) in [6, 6.07) is 6.61. The Hall–Kier alpha value is -2.37. The molecule has 2 N–H and O–H groups in total. The summed E-state index contributed by atoms with van der Waals surface area (Å²) in [7, 11) is 0. The Morgan fingerprint density at radius 3 is 2.54 bits per heavy atom. The normalized spacial score (nSPS) is 16.1. The van der Waals surface area contributed by atoms with E-state index >= 15 is 0 Å². The molecule has 2 amide bonds. The van der Waals surface area contributed by atoms with Gasteiger partial charge in [0.1, 0.15) is 0 Å². The lowest BCUT2D eigenvalue weighted by molar-refractivity contribution is -0.130. The fourth-order valence-corrected chi connectivity index (χ4v) is 2.77. The van der Waals surface area contributed by atoms with Crippen LogP contribution in [-0.2, 0) is 14.3 Å². The molecule has 6 nitrogen and oxygen atoms in total. The molecule has 2 rings (SSSR count). The molecule has 0 spiro atoms. The first-order chi connectivity index (χ1) is 11.5. The minimum atomic E-state index is -0.858. The first-order valence-corrected chi connectivity index (χ1v) is 8.34. The van der Waals surface area contributed by atoms with Gasteiger partial charge in [-0.15, -0.1) is 0 Å². The summed E-state index contributed by atoms with van der Waals surface area (Å²) in [6.07, 6.45) is 4.55. The van der Waals surface area contributed by atoms with Gasteiger partial charge in [-0.2, -0.15) is 0 Å². The fraction of sp³-hybridized carbons (Fsp3) is 0.500. The first-order valence-electron chi connectivity index (χ1n) is 8.34. The van der Waals surface area contributed by atoms with Gasteiger partial charge < -0.3 is 15.4 Å². The summed E-state index contributed by atoms with van der Waals surface area (Å²) in [5.74, 6) is -1.08. The minimum Gasteiger partial charge on any atom is -0.449 e. The molecule has 6 heteroatoms. The van der Waals surface area contributed by atoms with Crippen molar-refractivity contribution in [2.24, 2.45) is 0 Å². The number of rotatable bonds is 5. The minimum absolute atomic E-state index is 0.176. The second-order valence-corrected chi connectivity index (χ2v) is 6.15. The SMILES string of the molecule is CC(=O)Nc1cccc(C(=O)O[C@@H](C)C(=O)NC2CCCCC2)c1. The van der Waals surface area contributed by atoms with Crippen LogP contribution in [0.5, 0.6) is 0 Å². The number of esters is 1.